The molecule has 0 radical (unpaired) electrons. The predicted octanol–water partition coefficient (Wildman–Crippen LogP) is 3.50. The number of nitrogens with one attached hydrogen (secondary N) is 1. The molecule has 2 heterocycles. The zero-order valence-electron chi connectivity index (χ0n) is 11.5. The smallest absolute Gasteiger partial charge is 0.214 e. The first-order chi connectivity index (χ1) is 8.29. The molecule has 0 bridgehead atoms. The zero-order chi connectivity index (χ0) is 13.5. The summed E-state index contributed by atoms with van der Waals surface area (Å²) < 4.78 is 8.36. The van der Waals surface area contributed by atoms with Crippen molar-refractivity contribution in [2.45, 2.75) is 46.6 Å². The van der Waals surface area contributed by atoms with E-state index >= 15 is 0 Å². The van der Waals surface area contributed by atoms with E-state index < -0.39 is 0 Å². The van der Waals surface area contributed by atoms with Gasteiger partial charge in [0.05, 0.1) is 5.69 Å². The highest BCUT2D eigenvalue weighted by molar-refractivity contribution is 7.71. The highest BCUT2D eigenvalue weighted by Gasteiger charge is 2.20. The van der Waals surface area contributed by atoms with E-state index in [0.29, 0.717) is 17.2 Å². The number of rotatable bonds is 2. The Morgan fingerprint density at radius 1 is 1.39 bits per heavy atom. The predicted molar refractivity (Wildman–Crippen MR) is 73.4 cm³/mol. The lowest BCUT2D eigenvalue weighted by molar-refractivity contribution is 0.440. The monoisotopic (exact) mass is 265 g/mol. The Bertz CT molecular complexity index is 593. The third kappa shape index (κ3) is 2.41. The molecule has 98 valence electrons. The fraction of sp³-hybridized carbons (Fsp3) is 0.538. The van der Waals surface area contributed by atoms with Gasteiger partial charge in [-0.2, -0.15) is 0 Å². The average molecular weight is 265 g/mol. The summed E-state index contributed by atoms with van der Waals surface area (Å²) in [7, 11) is 0. The summed E-state index contributed by atoms with van der Waals surface area (Å²) in [6.07, 6.45) is 1.96. The second-order valence-electron chi connectivity index (χ2n) is 5.56. The first-order valence-electron chi connectivity index (χ1n) is 6.00. The van der Waals surface area contributed by atoms with E-state index in [9.17, 15) is 0 Å². The van der Waals surface area contributed by atoms with Crippen LogP contribution in [0.1, 0.15) is 43.8 Å². The van der Waals surface area contributed by atoms with Gasteiger partial charge in [0, 0.05) is 17.3 Å². The van der Waals surface area contributed by atoms with Crippen molar-refractivity contribution >= 4 is 12.2 Å². The maximum absolute atomic E-state index is 5.62. The van der Waals surface area contributed by atoms with Gasteiger partial charge in [0.25, 0.3) is 0 Å². The summed E-state index contributed by atoms with van der Waals surface area (Å²) in [5.74, 6) is 1.57. The van der Waals surface area contributed by atoms with Crippen LogP contribution in [-0.4, -0.2) is 14.5 Å². The number of aromatic nitrogens is 3. The largest absolute Gasteiger partial charge is 0.444 e. The molecule has 0 saturated carbocycles. The van der Waals surface area contributed by atoms with Gasteiger partial charge in [-0.1, -0.05) is 20.8 Å². The third-order valence-corrected chi connectivity index (χ3v) is 3.34. The van der Waals surface area contributed by atoms with Crippen molar-refractivity contribution in [2.75, 3.05) is 0 Å². The molecule has 0 spiro atoms. The molecule has 0 aliphatic carbocycles. The van der Waals surface area contributed by atoms with E-state index in [1.807, 2.05) is 24.6 Å². The molecular formula is C13H19N3OS. The molecule has 0 aliphatic rings. The number of hydrogen-bond donors (Lipinski definition) is 1. The van der Waals surface area contributed by atoms with Crippen LogP contribution < -0.4 is 0 Å². The molecule has 4 nitrogen and oxygen atoms in total. The van der Waals surface area contributed by atoms with Crippen LogP contribution in [0.25, 0.3) is 0 Å². The topological polar surface area (TPSA) is 46.8 Å². The van der Waals surface area contributed by atoms with Crippen LogP contribution in [0.3, 0.4) is 0 Å². The quantitative estimate of drug-likeness (QED) is 0.845. The van der Waals surface area contributed by atoms with Gasteiger partial charge in [0.1, 0.15) is 12.3 Å². The van der Waals surface area contributed by atoms with Gasteiger partial charge < -0.3 is 14.0 Å². The van der Waals surface area contributed by atoms with Crippen molar-refractivity contribution in [3.05, 3.63) is 34.0 Å². The first-order valence-corrected chi connectivity index (χ1v) is 6.41. The molecule has 18 heavy (non-hydrogen) atoms. The number of nitrogens with zero attached hydrogens (tertiary/aromatic N) is 2. The minimum atomic E-state index is 0.0320. The lowest BCUT2D eigenvalue weighted by Crippen LogP contribution is -2.18. The normalized spacial score (nSPS) is 12.1. The molecule has 0 aromatic carbocycles. The van der Waals surface area contributed by atoms with E-state index in [-0.39, 0.29) is 5.41 Å². The van der Waals surface area contributed by atoms with Crippen molar-refractivity contribution < 1.29 is 4.42 Å². The molecule has 2 rings (SSSR count). The standard InChI is InChI=1S/C13H19N3OS/c1-8-9(2)17-11(15-8)7-16-10(13(3,4)5)6-14-12(16)18/h6H,7H2,1-5H3,(H,14,18). The lowest BCUT2D eigenvalue weighted by atomic mass is 9.92. The van der Waals surface area contributed by atoms with Gasteiger partial charge in [-0.25, -0.2) is 4.98 Å². The van der Waals surface area contributed by atoms with E-state index in [0.717, 1.165) is 17.1 Å². The van der Waals surface area contributed by atoms with Crippen LogP contribution in [-0.2, 0) is 12.0 Å². The second-order valence-corrected chi connectivity index (χ2v) is 5.95. The van der Waals surface area contributed by atoms with Crippen LogP contribution in [0, 0.1) is 18.6 Å². The second kappa shape index (κ2) is 4.39. The van der Waals surface area contributed by atoms with Gasteiger partial charge in [-0.3, -0.25) is 0 Å². The fourth-order valence-electron chi connectivity index (χ4n) is 1.92. The van der Waals surface area contributed by atoms with E-state index in [4.69, 9.17) is 16.6 Å². The van der Waals surface area contributed by atoms with Crippen molar-refractivity contribution in [3.63, 3.8) is 0 Å². The van der Waals surface area contributed by atoms with Crippen LogP contribution in [0.15, 0.2) is 10.6 Å². The number of oxazole rings is 1. The van der Waals surface area contributed by atoms with Gasteiger partial charge >= 0.3 is 0 Å². The molecule has 0 fully saturated rings. The number of imidazole rings is 1. The molecule has 0 saturated heterocycles. The summed E-state index contributed by atoms with van der Waals surface area (Å²) in [5.41, 5.74) is 2.12. The van der Waals surface area contributed by atoms with Gasteiger partial charge in [-0.15, -0.1) is 0 Å². The Morgan fingerprint density at radius 2 is 2.06 bits per heavy atom. The molecule has 0 aliphatic heterocycles. The SMILES string of the molecule is Cc1nc(Cn2c(C(C)(C)C)c[nH]c2=S)oc1C. The maximum Gasteiger partial charge on any atom is 0.214 e. The van der Waals surface area contributed by atoms with Crippen molar-refractivity contribution in [1.82, 2.24) is 14.5 Å². The van der Waals surface area contributed by atoms with Crippen molar-refractivity contribution in [1.29, 1.82) is 0 Å². The highest BCUT2D eigenvalue weighted by Crippen LogP contribution is 2.23. The molecular weight excluding hydrogens is 246 g/mol. The summed E-state index contributed by atoms with van der Waals surface area (Å²) in [6.45, 7) is 10.9. The number of hydrogen-bond acceptors (Lipinski definition) is 3. The van der Waals surface area contributed by atoms with Crippen LogP contribution in [0.2, 0.25) is 0 Å². The molecule has 1 N–H and O–H groups in total. The highest BCUT2D eigenvalue weighted by atomic mass is 32.1. The Balaban J connectivity index is 2.40. The summed E-state index contributed by atoms with van der Waals surface area (Å²) >= 11 is 5.32. The van der Waals surface area contributed by atoms with Crippen molar-refractivity contribution in [2.24, 2.45) is 0 Å². The Morgan fingerprint density at radius 3 is 2.56 bits per heavy atom. The molecule has 0 unspecified atom stereocenters. The average Bonchev–Trinajstić information content (AvgIpc) is 2.73. The van der Waals surface area contributed by atoms with Crippen LogP contribution in [0.5, 0.6) is 0 Å². The van der Waals surface area contributed by atoms with Gasteiger partial charge in [0.2, 0.25) is 5.89 Å². The van der Waals surface area contributed by atoms with Crippen molar-refractivity contribution in [3.8, 4) is 0 Å². The van der Waals surface area contributed by atoms with Gasteiger partial charge in [0.15, 0.2) is 4.77 Å². The molecule has 0 amide bonds. The van der Waals surface area contributed by atoms with Crippen LogP contribution in [0.4, 0.5) is 0 Å². The minimum Gasteiger partial charge on any atom is -0.444 e. The molecule has 0 atom stereocenters. The summed E-state index contributed by atoms with van der Waals surface area (Å²) in [6, 6.07) is 0. The zero-order valence-corrected chi connectivity index (χ0v) is 12.3. The number of H-pyrrole nitrogens is 1. The molecule has 2 aromatic heterocycles. The van der Waals surface area contributed by atoms with E-state index in [1.54, 1.807) is 0 Å². The van der Waals surface area contributed by atoms with E-state index in [1.165, 1.54) is 0 Å². The Kier molecular flexibility index (Phi) is 3.19. The summed E-state index contributed by atoms with van der Waals surface area (Å²) in [4.78, 5) is 7.50. The van der Waals surface area contributed by atoms with Gasteiger partial charge in [-0.05, 0) is 26.1 Å². The Labute approximate surface area is 112 Å². The third-order valence-electron chi connectivity index (χ3n) is 3.00. The number of aromatic amines is 1. The lowest BCUT2D eigenvalue weighted by Gasteiger charge is -2.19. The van der Waals surface area contributed by atoms with Crippen LogP contribution >= 0.6 is 12.2 Å². The first kappa shape index (κ1) is 13.1. The maximum atomic E-state index is 5.62. The van der Waals surface area contributed by atoms with E-state index in [2.05, 4.69) is 30.7 Å². The molecule has 2 aromatic rings. The Hall–Kier alpha value is -1.36. The minimum absolute atomic E-state index is 0.0320. The molecule has 5 heteroatoms. The summed E-state index contributed by atoms with van der Waals surface area (Å²) in [5, 5.41) is 0. The number of aryl methyl sites for hydroxylation is 2. The fourth-order valence-corrected chi connectivity index (χ4v) is 2.14.